The van der Waals surface area contributed by atoms with Crippen molar-refractivity contribution in [1.82, 2.24) is 24.2 Å². The van der Waals surface area contributed by atoms with Crippen LogP contribution >= 0.6 is 0 Å². The second-order valence-electron chi connectivity index (χ2n) is 9.89. The topological polar surface area (TPSA) is 39.9 Å². The lowest BCUT2D eigenvalue weighted by Crippen LogP contribution is -2.50. The van der Waals surface area contributed by atoms with Crippen molar-refractivity contribution >= 4 is 11.5 Å². The summed E-state index contributed by atoms with van der Waals surface area (Å²) in [6.07, 6.45) is 10.4. The van der Waals surface area contributed by atoms with Gasteiger partial charge in [0, 0.05) is 38.1 Å². The molecule has 0 bridgehead atoms. The lowest BCUT2D eigenvalue weighted by Gasteiger charge is -2.39. The fourth-order valence-electron chi connectivity index (χ4n) is 6.29. The predicted octanol–water partition coefficient (Wildman–Crippen LogP) is 4.22. The van der Waals surface area contributed by atoms with Gasteiger partial charge in [-0.1, -0.05) is 12.1 Å². The number of hydrogen-bond donors (Lipinski definition) is 0. The van der Waals surface area contributed by atoms with Gasteiger partial charge in [0.15, 0.2) is 0 Å². The molecule has 0 saturated carbocycles. The number of aryl methyl sites for hydroxylation is 1. The van der Waals surface area contributed by atoms with Crippen molar-refractivity contribution in [3.05, 3.63) is 59.7 Å². The molecular formula is C26H34N6. The molecule has 32 heavy (non-hydrogen) atoms. The number of piperazine rings is 1. The zero-order valence-corrected chi connectivity index (χ0v) is 19.3. The summed E-state index contributed by atoms with van der Waals surface area (Å²) in [7, 11) is 2.26. The molecule has 6 rings (SSSR count). The van der Waals surface area contributed by atoms with Gasteiger partial charge < -0.3 is 4.90 Å². The smallest absolute Gasteiger partial charge is 0.138 e. The van der Waals surface area contributed by atoms with Crippen LogP contribution in [0, 0.1) is 6.92 Å². The van der Waals surface area contributed by atoms with Gasteiger partial charge in [-0.15, -0.1) is 0 Å². The van der Waals surface area contributed by atoms with Crippen LogP contribution in [0.5, 0.6) is 0 Å². The number of aromatic nitrogens is 3. The number of pyridine rings is 2. The maximum atomic E-state index is 5.12. The third-order valence-corrected chi connectivity index (χ3v) is 8.05. The number of hydrogen-bond acceptors (Lipinski definition) is 5. The summed E-state index contributed by atoms with van der Waals surface area (Å²) in [5, 5.41) is 0. The Bertz CT molecular complexity index is 1110. The van der Waals surface area contributed by atoms with E-state index in [2.05, 4.69) is 63.5 Å². The number of rotatable bonds is 3. The van der Waals surface area contributed by atoms with E-state index in [0.29, 0.717) is 18.1 Å². The minimum absolute atomic E-state index is 0.328. The first-order chi connectivity index (χ1) is 15.7. The molecule has 3 saturated heterocycles. The molecule has 168 valence electrons. The summed E-state index contributed by atoms with van der Waals surface area (Å²) in [6.45, 7) is 6.88. The van der Waals surface area contributed by atoms with Crippen molar-refractivity contribution in [1.29, 1.82) is 0 Å². The summed E-state index contributed by atoms with van der Waals surface area (Å²) >= 11 is 0. The van der Waals surface area contributed by atoms with Gasteiger partial charge >= 0.3 is 0 Å². The fraction of sp³-hybridized carbons (Fsp3) is 0.538. The highest BCUT2D eigenvalue weighted by Crippen LogP contribution is 2.40. The molecule has 3 unspecified atom stereocenters. The molecule has 3 atom stereocenters. The van der Waals surface area contributed by atoms with Gasteiger partial charge in [0.2, 0.25) is 0 Å². The monoisotopic (exact) mass is 430 g/mol. The highest BCUT2D eigenvalue weighted by molar-refractivity contribution is 5.53. The lowest BCUT2D eigenvalue weighted by molar-refractivity contribution is 0.109. The van der Waals surface area contributed by atoms with E-state index in [1.165, 1.54) is 55.1 Å². The van der Waals surface area contributed by atoms with Crippen LogP contribution in [0.15, 0.2) is 42.7 Å². The van der Waals surface area contributed by atoms with Crippen molar-refractivity contribution in [2.75, 3.05) is 38.1 Å². The van der Waals surface area contributed by atoms with E-state index in [1.807, 2.05) is 12.3 Å². The van der Waals surface area contributed by atoms with E-state index in [4.69, 9.17) is 9.97 Å². The molecule has 0 aromatic carbocycles. The molecule has 0 radical (unpaired) electrons. The third-order valence-electron chi connectivity index (χ3n) is 8.05. The average molecular weight is 431 g/mol. The first kappa shape index (κ1) is 20.2. The van der Waals surface area contributed by atoms with Gasteiger partial charge in [-0.05, 0) is 76.4 Å². The van der Waals surface area contributed by atoms with Gasteiger partial charge in [0.25, 0.3) is 0 Å². The van der Waals surface area contributed by atoms with Crippen molar-refractivity contribution in [3.8, 4) is 0 Å². The Morgan fingerprint density at radius 1 is 0.938 bits per heavy atom. The van der Waals surface area contributed by atoms with Crippen LogP contribution < -0.4 is 4.90 Å². The highest BCUT2D eigenvalue weighted by atomic mass is 15.3. The number of likely N-dealkylation sites (tertiary alicyclic amines) is 1. The first-order valence-corrected chi connectivity index (χ1v) is 12.3. The quantitative estimate of drug-likeness (QED) is 0.622. The van der Waals surface area contributed by atoms with Gasteiger partial charge in [0.1, 0.15) is 11.5 Å². The zero-order valence-electron chi connectivity index (χ0n) is 19.3. The molecule has 0 amide bonds. The number of imidazole rings is 1. The molecule has 0 aliphatic carbocycles. The van der Waals surface area contributed by atoms with Crippen LogP contribution in [0.4, 0.5) is 5.82 Å². The van der Waals surface area contributed by atoms with Crippen LogP contribution in [0.2, 0.25) is 0 Å². The predicted molar refractivity (Wildman–Crippen MR) is 128 cm³/mol. The van der Waals surface area contributed by atoms with Crippen molar-refractivity contribution in [2.24, 2.45) is 0 Å². The number of anilines is 1. The van der Waals surface area contributed by atoms with E-state index in [0.717, 1.165) is 31.6 Å². The molecule has 3 aromatic rings. The number of piperidine rings is 1. The second kappa shape index (κ2) is 8.16. The van der Waals surface area contributed by atoms with E-state index in [9.17, 15) is 0 Å². The Morgan fingerprint density at radius 3 is 2.75 bits per heavy atom. The first-order valence-electron chi connectivity index (χ1n) is 12.3. The molecule has 0 N–H and O–H groups in total. The van der Waals surface area contributed by atoms with E-state index in [-0.39, 0.29) is 0 Å². The maximum absolute atomic E-state index is 5.12. The maximum Gasteiger partial charge on any atom is 0.138 e. The molecule has 6 heterocycles. The normalized spacial score (nSPS) is 27.2. The Morgan fingerprint density at radius 2 is 1.84 bits per heavy atom. The lowest BCUT2D eigenvalue weighted by atomic mass is 9.91. The van der Waals surface area contributed by atoms with Crippen LogP contribution in [0.1, 0.15) is 61.1 Å². The van der Waals surface area contributed by atoms with E-state index in [1.54, 1.807) is 0 Å². The standard InChI is InChI=1S/C26H34N6/c1-19-7-5-13-27-26(19)23-10-3-9-22(29(23)2)21-18-32-24(28-21)11-4-12-25(32)31-16-15-30-14-6-8-20(30)17-31/h4-5,7,11-13,18,20,22-23H,3,6,8-10,14-17H2,1-2H3. The molecule has 0 spiro atoms. The highest BCUT2D eigenvalue weighted by Gasteiger charge is 2.34. The molecule has 6 heteroatoms. The Kier molecular flexibility index (Phi) is 5.15. The van der Waals surface area contributed by atoms with Crippen molar-refractivity contribution < 1.29 is 0 Å². The van der Waals surface area contributed by atoms with Crippen LogP contribution in [0.3, 0.4) is 0 Å². The molecular weight excluding hydrogens is 396 g/mol. The summed E-state index contributed by atoms with van der Waals surface area (Å²) in [5.41, 5.74) is 4.76. The molecule has 3 aliphatic rings. The number of nitrogens with zero attached hydrogens (tertiary/aromatic N) is 6. The van der Waals surface area contributed by atoms with E-state index < -0.39 is 0 Å². The van der Waals surface area contributed by atoms with Gasteiger partial charge in [0.05, 0.1) is 23.5 Å². The average Bonchev–Trinajstić information content (AvgIpc) is 3.46. The minimum atomic E-state index is 0.328. The molecule has 3 fully saturated rings. The van der Waals surface area contributed by atoms with Crippen molar-refractivity contribution in [3.63, 3.8) is 0 Å². The molecule has 3 aromatic heterocycles. The van der Waals surface area contributed by atoms with E-state index >= 15 is 0 Å². The SMILES string of the molecule is Cc1cccnc1C1CCCC(c2cn3c(N4CCN5CCCC5C4)cccc3n2)N1C. The van der Waals surface area contributed by atoms with Crippen LogP contribution in [-0.2, 0) is 0 Å². The fourth-order valence-corrected chi connectivity index (χ4v) is 6.29. The van der Waals surface area contributed by atoms with Gasteiger partial charge in [-0.3, -0.25) is 19.2 Å². The largest absolute Gasteiger partial charge is 0.355 e. The van der Waals surface area contributed by atoms with Crippen molar-refractivity contribution in [2.45, 2.75) is 57.2 Å². The molecule has 3 aliphatic heterocycles. The zero-order chi connectivity index (χ0) is 21.7. The third kappa shape index (κ3) is 3.41. The summed E-state index contributed by atoms with van der Waals surface area (Å²) in [4.78, 5) is 17.6. The summed E-state index contributed by atoms with van der Waals surface area (Å²) < 4.78 is 2.34. The minimum Gasteiger partial charge on any atom is -0.355 e. The molecule has 6 nitrogen and oxygen atoms in total. The Labute approximate surface area is 190 Å². The Hall–Kier alpha value is -2.44. The Balaban J connectivity index is 1.30. The van der Waals surface area contributed by atoms with Gasteiger partial charge in [-0.2, -0.15) is 0 Å². The summed E-state index contributed by atoms with van der Waals surface area (Å²) in [6, 6.07) is 12.2. The van der Waals surface area contributed by atoms with Crippen LogP contribution in [-0.4, -0.2) is 63.4 Å². The second-order valence-corrected chi connectivity index (χ2v) is 9.89. The number of fused-ring (bicyclic) bond motifs is 2. The van der Waals surface area contributed by atoms with Gasteiger partial charge in [-0.25, -0.2) is 4.98 Å². The summed E-state index contributed by atoms with van der Waals surface area (Å²) in [5.74, 6) is 1.29. The van der Waals surface area contributed by atoms with Crippen LogP contribution in [0.25, 0.3) is 5.65 Å².